The van der Waals surface area contributed by atoms with Gasteiger partial charge in [-0.15, -0.1) is 0 Å². The summed E-state index contributed by atoms with van der Waals surface area (Å²) in [6.45, 7) is 2.60. The molecule has 0 unspecified atom stereocenters. The maximum Gasteiger partial charge on any atom is 0.251 e. The van der Waals surface area contributed by atoms with Gasteiger partial charge in [0.2, 0.25) is 10.0 Å². The quantitative estimate of drug-likeness (QED) is 0.584. The summed E-state index contributed by atoms with van der Waals surface area (Å²) in [7, 11) is -3.51. The lowest BCUT2D eigenvalue weighted by Crippen LogP contribution is -2.29. The lowest BCUT2D eigenvalue weighted by Gasteiger charge is -2.22. The Bertz CT molecular complexity index is 1130. The topological polar surface area (TPSA) is 66.5 Å². The van der Waals surface area contributed by atoms with Crippen LogP contribution in [-0.4, -0.2) is 20.6 Å². The van der Waals surface area contributed by atoms with Crippen LogP contribution in [0.2, 0.25) is 5.02 Å². The van der Waals surface area contributed by atoms with Gasteiger partial charge in [0.25, 0.3) is 5.91 Å². The number of aryl methyl sites for hydroxylation is 1. The number of carbonyl (C=O) groups excluding carboxylic acids is 1. The summed E-state index contributed by atoms with van der Waals surface area (Å²) >= 11 is 6.01. The van der Waals surface area contributed by atoms with Crippen LogP contribution in [0.15, 0.2) is 72.8 Å². The molecule has 3 aromatic rings. The molecule has 7 heteroatoms. The Hall–Kier alpha value is -2.83. The van der Waals surface area contributed by atoms with Gasteiger partial charge in [-0.1, -0.05) is 59.6 Å². The van der Waals surface area contributed by atoms with E-state index >= 15 is 0 Å². The SMILES string of the molecule is Cc1ccc(CNC(=O)c2ccc(CN(c3cccc(Cl)c3)S(C)(=O)=O)cc2)cc1. The fraction of sp³-hybridized carbons (Fsp3) is 0.174. The van der Waals surface area contributed by atoms with Crippen LogP contribution >= 0.6 is 11.6 Å². The van der Waals surface area contributed by atoms with Crippen molar-refractivity contribution < 1.29 is 13.2 Å². The molecule has 30 heavy (non-hydrogen) atoms. The Kier molecular flexibility index (Phi) is 6.80. The van der Waals surface area contributed by atoms with Crippen molar-refractivity contribution in [2.45, 2.75) is 20.0 Å². The molecule has 0 bridgehead atoms. The van der Waals surface area contributed by atoms with Crippen LogP contribution in [0.5, 0.6) is 0 Å². The zero-order chi connectivity index (χ0) is 21.7. The van der Waals surface area contributed by atoms with Crippen LogP contribution in [0.25, 0.3) is 0 Å². The predicted molar refractivity (Wildman–Crippen MR) is 121 cm³/mol. The first-order valence-corrected chi connectivity index (χ1v) is 11.6. The smallest absolute Gasteiger partial charge is 0.251 e. The van der Waals surface area contributed by atoms with E-state index in [0.717, 1.165) is 17.4 Å². The van der Waals surface area contributed by atoms with Crippen LogP contribution < -0.4 is 9.62 Å². The van der Waals surface area contributed by atoms with Crippen molar-refractivity contribution in [3.8, 4) is 0 Å². The van der Waals surface area contributed by atoms with Gasteiger partial charge in [0.1, 0.15) is 0 Å². The highest BCUT2D eigenvalue weighted by molar-refractivity contribution is 7.92. The number of hydrogen-bond donors (Lipinski definition) is 1. The molecule has 0 aliphatic rings. The summed E-state index contributed by atoms with van der Waals surface area (Å²) < 4.78 is 25.8. The number of anilines is 1. The first kappa shape index (κ1) is 21.9. The monoisotopic (exact) mass is 442 g/mol. The van der Waals surface area contributed by atoms with Gasteiger partial charge in [-0.3, -0.25) is 9.10 Å². The molecule has 0 aliphatic carbocycles. The Labute approximate surface area is 182 Å². The van der Waals surface area contributed by atoms with Crippen LogP contribution in [-0.2, 0) is 23.1 Å². The molecule has 0 saturated heterocycles. The zero-order valence-electron chi connectivity index (χ0n) is 16.8. The molecule has 156 valence electrons. The number of nitrogens with one attached hydrogen (secondary N) is 1. The van der Waals surface area contributed by atoms with E-state index in [9.17, 15) is 13.2 Å². The molecule has 3 aromatic carbocycles. The molecule has 0 atom stereocenters. The molecule has 0 spiro atoms. The number of sulfonamides is 1. The number of hydrogen-bond acceptors (Lipinski definition) is 3. The number of halogens is 1. The van der Waals surface area contributed by atoms with E-state index in [1.165, 1.54) is 9.87 Å². The van der Waals surface area contributed by atoms with Crippen LogP contribution in [0.4, 0.5) is 5.69 Å². The van der Waals surface area contributed by atoms with Gasteiger partial charge in [-0.05, 0) is 48.4 Å². The van der Waals surface area contributed by atoms with Crippen LogP contribution in [0.1, 0.15) is 27.0 Å². The van der Waals surface area contributed by atoms with Crippen molar-refractivity contribution in [1.82, 2.24) is 5.32 Å². The molecule has 0 aliphatic heterocycles. The Balaban J connectivity index is 1.69. The zero-order valence-corrected chi connectivity index (χ0v) is 18.4. The maximum atomic E-state index is 12.4. The lowest BCUT2D eigenvalue weighted by molar-refractivity contribution is 0.0951. The maximum absolute atomic E-state index is 12.4. The van der Waals surface area contributed by atoms with E-state index in [0.29, 0.717) is 22.8 Å². The molecule has 0 heterocycles. The number of amides is 1. The second-order valence-corrected chi connectivity index (χ2v) is 9.46. The van der Waals surface area contributed by atoms with E-state index in [1.54, 1.807) is 48.5 Å². The third-order valence-corrected chi connectivity index (χ3v) is 5.99. The number of nitrogens with zero attached hydrogens (tertiary/aromatic N) is 1. The molecule has 5 nitrogen and oxygen atoms in total. The van der Waals surface area contributed by atoms with E-state index in [4.69, 9.17) is 11.6 Å². The first-order chi connectivity index (χ1) is 14.2. The third-order valence-electron chi connectivity index (χ3n) is 4.61. The normalized spacial score (nSPS) is 11.2. The highest BCUT2D eigenvalue weighted by Crippen LogP contribution is 2.24. The van der Waals surface area contributed by atoms with Gasteiger partial charge >= 0.3 is 0 Å². The Morgan fingerprint density at radius 2 is 1.60 bits per heavy atom. The van der Waals surface area contributed by atoms with Gasteiger partial charge in [0.05, 0.1) is 18.5 Å². The van der Waals surface area contributed by atoms with Gasteiger partial charge in [0, 0.05) is 17.1 Å². The van der Waals surface area contributed by atoms with Gasteiger partial charge < -0.3 is 5.32 Å². The van der Waals surface area contributed by atoms with Crippen molar-refractivity contribution in [3.63, 3.8) is 0 Å². The highest BCUT2D eigenvalue weighted by Gasteiger charge is 2.18. The fourth-order valence-corrected chi connectivity index (χ4v) is 4.01. The van der Waals surface area contributed by atoms with E-state index in [2.05, 4.69) is 5.32 Å². The Morgan fingerprint density at radius 3 is 2.20 bits per heavy atom. The average molecular weight is 443 g/mol. The second-order valence-electron chi connectivity index (χ2n) is 7.11. The van der Waals surface area contributed by atoms with Crippen molar-refractivity contribution in [3.05, 3.63) is 100 Å². The van der Waals surface area contributed by atoms with E-state index < -0.39 is 10.0 Å². The van der Waals surface area contributed by atoms with Gasteiger partial charge in [-0.2, -0.15) is 0 Å². The van der Waals surface area contributed by atoms with Gasteiger partial charge in [-0.25, -0.2) is 8.42 Å². The summed E-state index contributed by atoms with van der Waals surface area (Å²) in [5.41, 5.74) is 3.96. The number of rotatable bonds is 7. The summed E-state index contributed by atoms with van der Waals surface area (Å²) in [4.78, 5) is 12.4. The minimum atomic E-state index is -3.51. The summed E-state index contributed by atoms with van der Waals surface area (Å²) in [6.07, 6.45) is 1.15. The first-order valence-electron chi connectivity index (χ1n) is 9.38. The summed E-state index contributed by atoms with van der Waals surface area (Å²) in [6, 6.07) is 21.6. The largest absolute Gasteiger partial charge is 0.348 e. The molecule has 0 aromatic heterocycles. The van der Waals surface area contributed by atoms with E-state index in [-0.39, 0.29) is 12.5 Å². The van der Waals surface area contributed by atoms with Gasteiger partial charge in [0.15, 0.2) is 0 Å². The number of benzene rings is 3. The number of carbonyl (C=O) groups is 1. The molecule has 0 radical (unpaired) electrons. The van der Waals surface area contributed by atoms with Crippen molar-refractivity contribution in [1.29, 1.82) is 0 Å². The Morgan fingerprint density at radius 1 is 0.967 bits per heavy atom. The molecule has 1 N–H and O–H groups in total. The standard InChI is InChI=1S/C23H23ClN2O3S/c1-17-6-8-18(9-7-17)15-25-23(27)20-12-10-19(11-13-20)16-26(30(2,28)29)22-5-3-4-21(24)14-22/h3-14H,15-16H2,1-2H3,(H,25,27). The third kappa shape index (κ3) is 5.84. The van der Waals surface area contributed by atoms with Crippen LogP contribution in [0, 0.1) is 6.92 Å². The van der Waals surface area contributed by atoms with Crippen molar-refractivity contribution in [2.24, 2.45) is 0 Å². The van der Waals surface area contributed by atoms with E-state index in [1.807, 2.05) is 31.2 Å². The highest BCUT2D eigenvalue weighted by atomic mass is 35.5. The minimum absolute atomic E-state index is 0.143. The molecular formula is C23H23ClN2O3S. The molecular weight excluding hydrogens is 420 g/mol. The second kappa shape index (κ2) is 9.32. The van der Waals surface area contributed by atoms with Crippen molar-refractivity contribution in [2.75, 3.05) is 10.6 Å². The summed E-state index contributed by atoms with van der Waals surface area (Å²) in [5.74, 6) is -0.183. The molecule has 0 saturated carbocycles. The minimum Gasteiger partial charge on any atom is -0.348 e. The van der Waals surface area contributed by atoms with Crippen molar-refractivity contribution >= 4 is 33.2 Å². The summed E-state index contributed by atoms with van der Waals surface area (Å²) in [5, 5.41) is 3.35. The average Bonchev–Trinajstić information content (AvgIpc) is 2.71. The lowest BCUT2D eigenvalue weighted by atomic mass is 10.1. The molecule has 1 amide bonds. The van der Waals surface area contributed by atoms with Crippen LogP contribution in [0.3, 0.4) is 0 Å². The molecule has 3 rings (SSSR count). The fourth-order valence-electron chi connectivity index (χ4n) is 2.95. The molecule has 0 fully saturated rings. The predicted octanol–water partition coefficient (Wildman–Crippen LogP) is 4.54.